The van der Waals surface area contributed by atoms with Gasteiger partial charge in [0.25, 0.3) is 0 Å². The number of halogens is 2. The number of hydrazine groups is 1. The molecule has 2 heterocycles. The molecule has 3 N–H and O–H groups in total. The molecule has 1 aromatic heterocycles. The second kappa shape index (κ2) is 8.55. The summed E-state index contributed by atoms with van der Waals surface area (Å²) in [5.41, 5.74) is 3.04. The van der Waals surface area contributed by atoms with Gasteiger partial charge in [0.15, 0.2) is 16.7 Å². The van der Waals surface area contributed by atoms with Crippen LogP contribution in [0, 0.1) is 5.82 Å². The smallest absolute Gasteiger partial charge is 0.320 e. The molecule has 30 heavy (non-hydrogen) atoms. The first-order chi connectivity index (χ1) is 14.4. The average molecular weight is 519 g/mol. The third kappa shape index (κ3) is 4.32. The third-order valence-corrected chi connectivity index (χ3v) is 6.42. The monoisotopic (exact) mass is 518 g/mol. The van der Waals surface area contributed by atoms with Crippen molar-refractivity contribution in [1.82, 2.24) is 20.6 Å². The van der Waals surface area contributed by atoms with Gasteiger partial charge in [0, 0.05) is 11.3 Å². The second-order valence-corrected chi connectivity index (χ2v) is 8.83. The molecule has 2 aromatic rings. The molecule has 1 unspecified atom stereocenters. The molecule has 1 aliphatic heterocycles. The minimum atomic E-state index is -2.18. The molecule has 11 nitrogen and oxygen atoms in total. The van der Waals surface area contributed by atoms with Gasteiger partial charge in [0.1, 0.15) is 5.82 Å². The maximum atomic E-state index is 13.6. The van der Waals surface area contributed by atoms with E-state index in [-0.39, 0.29) is 27.4 Å². The van der Waals surface area contributed by atoms with Crippen molar-refractivity contribution in [3.8, 4) is 0 Å². The van der Waals surface area contributed by atoms with Gasteiger partial charge in [-0.25, -0.2) is 28.3 Å². The summed E-state index contributed by atoms with van der Waals surface area (Å²) in [5, 5.41) is 12.0. The summed E-state index contributed by atoms with van der Waals surface area (Å²) in [6, 6.07) is 4.10. The number of nitrogens with zero attached hydrogens (tertiary/aromatic N) is 4. The molecule has 0 amide bonds. The Morgan fingerprint density at radius 3 is 2.90 bits per heavy atom. The fraction of sp³-hybridized carbons (Fsp3) is 0.267. The van der Waals surface area contributed by atoms with Crippen LogP contribution in [0.3, 0.4) is 0 Å². The fourth-order valence-electron chi connectivity index (χ4n) is 2.57. The quantitative estimate of drug-likeness (QED) is 0.204. The van der Waals surface area contributed by atoms with Crippen LogP contribution in [0.2, 0.25) is 0 Å². The summed E-state index contributed by atoms with van der Waals surface area (Å²) < 4.78 is 38.3. The Morgan fingerprint density at radius 1 is 1.43 bits per heavy atom. The highest BCUT2D eigenvalue weighted by atomic mass is 79.9. The highest BCUT2D eigenvalue weighted by Gasteiger charge is 2.44. The van der Waals surface area contributed by atoms with Crippen molar-refractivity contribution in [3.05, 3.63) is 40.1 Å². The molecule has 1 aromatic carbocycles. The van der Waals surface area contributed by atoms with Gasteiger partial charge in [0.05, 0.1) is 10.2 Å². The second-order valence-electron chi connectivity index (χ2n) is 6.31. The summed E-state index contributed by atoms with van der Waals surface area (Å²) in [5.74, 6) is 1.52. The van der Waals surface area contributed by atoms with Crippen molar-refractivity contribution in [2.24, 2.45) is 5.16 Å². The number of amidine groups is 1. The van der Waals surface area contributed by atoms with E-state index in [1.165, 1.54) is 34.9 Å². The van der Waals surface area contributed by atoms with Crippen LogP contribution in [0.5, 0.6) is 0 Å². The minimum absolute atomic E-state index is 0.114. The van der Waals surface area contributed by atoms with E-state index < -0.39 is 17.1 Å². The Morgan fingerprint density at radius 2 is 2.23 bits per heavy atom. The molecule has 0 spiro atoms. The number of oxime groups is 1. The zero-order valence-electron chi connectivity index (χ0n) is 14.8. The van der Waals surface area contributed by atoms with Gasteiger partial charge in [-0.15, -0.1) is 0 Å². The molecule has 158 valence electrons. The molecule has 4 rings (SSSR count). The zero-order chi connectivity index (χ0) is 21.3. The molecule has 2 aliphatic rings. The minimum Gasteiger partial charge on any atom is -0.323 e. The summed E-state index contributed by atoms with van der Waals surface area (Å²) >= 11 is 2.20. The van der Waals surface area contributed by atoms with Crippen molar-refractivity contribution in [2.45, 2.75) is 23.4 Å². The van der Waals surface area contributed by atoms with Crippen LogP contribution < -0.4 is 15.2 Å². The van der Waals surface area contributed by atoms with Crippen LogP contribution >= 0.6 is 27.7 Å². The molecular formula is C15H12BrFN6O5S2. The molecule has 0 bridgehead atoms. The number of hydrogen-bond donors (Lipinski definition) is 3. The van der Waals surface area contributed by atoms with Crippen LogP contribution in [0.1, 0.15) is 18.5 Å². The predicted octanol–water partition coefficient (Wildman–Crippen LogP) is 1.70. The number of aromatic nitrogens is 2. The Labute approximate surface area is 183 Å². The molecule has 1 atom stereocenters. The number of thioether (sulfide) groups is 1. The standard InChI is InChI=1S/C15H12BrFN6O5S2/c16-9-5-8(1-2-10(9)17)23-11(6-24)27-19-13(23)12-14(20-28-18-12)29-7-15(3-4-15)21-22-30(25)26/h1-2,5,21-22H,3-4,7H2,(H,25,26). The van der Waals surface area contributed by atoms with Crippen LogP contribution in [0.15, 0.2) is 43.4 Å². The molecule has 1 saturated carbocycles. The van der Waals surface area contributed by atoms with Crippen LogP contribution in [0.4, 0.5) is 10.1 Å². The third-order valence-electron chi connectivity index (χ3n) is 4.29. The lowest BCUT2D eigenvalue weighted by Gasteiger charge is -2.17. The van der Waals surface area contributed by atoms with Crippen molar-refractivity contribution < 1.29 is 27.4 Å². The lowest BCUT2D eigenvalue weighted by Crippen LogP contribution is -2.44. The Balaban J connectivity index is 1.56. The van der Waals surface area contributed by atoms with Crippen molar-refractivity contribution in [3.63, 3.8) is 0 Å². The topological polar surface area (TPSA) is 142 Å². The number of benzene rings is 1. The van der Waals surface area contributed by atoms with E-state index in [1.807, 2.05) is 0 Å². The maximum Gasteiger partial charge on any atom is 0.320 e. The number of anilines is 1. The molecule has 1 aliphatic carbocycles. The van der Waals surface area contributed by atoms with Gasteiger partial charge >= 0.3 is 5.88 Å². The summed E-state index contributed by atoms with van der Waals surface area (Å²) in [7, 11) is 0. The Bertz CT molecular complexity index is 1090. The summed E-state index contributed by atoms with van der Waals surface area (Å²) in [4.78, 5) is 20.0. The number of nitrogens with one attached hydrogen (secondary N) is 2. The van der Waals surface area contributed by atoms with Gasteiger partial charge in [-0.3, -0.25) is 4.55 Å². The van der Waals surface area contributed by atoms with Crippen molar-refractivity contribution in [1.29, 1.82) is 0 Å². The van der Waals surface area contributed by atoms with Gasteiger partial charge in [-0.05, 0) is 57.3 Å². The van der Waals surface area contributed by atoms with Gasteiger partial charge in [0.2, 0.25) is 17.1 Å². The van der Waals surface area contributed by atoms with E-state index in [4.69, 9.17) is 14.0 Å². The Hall–Kier alpha value is -2.13. The predicted molar refractivity (Wildman–Crippen MR) is 107 cm³/mol. The number of carbonyl (C=O) groups excluding carboxylic acids is 1. The lowest BCUT2D eigenvalue weighted by atomic mass is 10.2. The van der Waals surface area contributed by atoms with Crippen LogP contribution in [0.25, 0.3) is 0 Å². The van der Waals surface area contributed by atoms with Crippen LogP contribution in [-0.2, 0) is 20.9 Å². The highest BCUT2D eigenvalue weighted by Crippen LogP contribution is 2.40. The summed E-state index contributed by atoms with van der Waals surface area (Å²) in [6.07, 6.45) is 1.59. The van der Waals surface area contributed by atoms with Crippen LogP contribution in [-0.4, -0.2) is 42.1 Å². The normalized spacial score (nSPS) is 18.0. The Kier molecular flexibility index (Phi) is 6.02. The lowest BCUT2D eigenvalue weighted by molar-refractivity contribution is 0.248. The average Bonchev–Trinajstić information content (AvgIpc) is 3.14. The van der Waals surface area contributed by atoms with Gasteiger partial charge in [-0.1, -0.05) is 16.9 Å². The van der Waals surface area contributed by atoms with Gasteiger partial charge in [-0.2, -0.15) is 4.83 Å². The van der Waals surface area contributed by atoms with E-state index in [0.29, 0.717) is 16.5 Å². The number of hydrogen-bond acceptors (Lipinski definition) is 10. The highest BCUT2D eigenvalue weighted by molar-refractivity contribution is 9.10. The molecule has 0 saturated heterocycles. The first-order valence-electron chi connectivity index (χ1n) is 8.27. The first-order valence-corrected chi connectivity index (χ1v) is 11.2. The molecular weight excluding hydrogens is 507 g/mol. The van der Waals surface area contributed by atoms with Crippen molar-refractivity contribution in [2.75, 3.05) is 10.7 Å². The zero-order valence-corrected chi connectivity index (χ0v) is 18.0. The van der Waals surface area contributed by atoms with E-state index in [1.54, 1.807) is 5.94 Å². The largest absolute Gasteiger partial charge is 0.323 e. The maximum absolute atomic E-state index is 13.6. The molecule has 0 radical (unpaired) electrons. The van der Waals surface area contributed by atoms with E-state index in [2.05, 4.69) is 41.7 Å². The molecule has 1 fully saturated rings. The molecule has 15 heteroatoms. The van der Waals surface area contributed by atoms with E-state index >= 15 is 0 Å². The van der Waals surface area contributed by atoms with Crippen molar-refractivity contribution >= 4 is 56.4 Å². The first kappa shape index (κ1) is 21.1. The SMILES string of the molecule is O=C=C1ON=C(c2nonc2SCC2(NNS(=O)O)CC2)N1c1ccc(F)c(Br)c1. The van der Waals surface area contributed by atoms with Gasteiger partial charge < -0.3 is 4.84 Å². The number of rotatable bonds is 8. The fourth-order valence-corrected chi connectivity index (χ4v) is 4.36. The summed E-state index contributed by atoms with van der Waals surface area (Å²) in [6.45, 7) is 0. The van der Waals surface area contributed by atoms with E-state index in [0.717, 1.165) is 12.8 Å². The van der Waals surface area contributed by atoms with E-state index in [9.17, 15) is 13.4 Å².